The maximum atomic E-state index is 9.46. The summed E-state index contributed by atoms with van der Waals surface area (Å²) in [5.74, 6) is 0. The summed E-state index contributed by atoms with van der Waals surface area (Å²) in [4.78, 5) is 4.82. The third-order valence-electron chi connectivity index (χ3n) is 4.09. The number of piperazine rings is 1. The normalized spacial score (nSPS) is 18.6. The third kappa shape index (κ3) is 3.22. The predicted molar refractivity (Wildman–Crippen MR) is 80.9 cm³/mol. The zero-order valence-corrected chi connectivity index (χ0v) is 12.5. The second kappa shape index (κ2) is 6.60. The number of para-hydroxylation sites is 1. The molecule has 0 radical (unpaired) electrons. The molecule has 1 saturated heterocycles. The summed E-state index contributed by atoms with van der Waals surface area (Å²) in [6.45, 7) is 8.62. The van der Waals surface area contributed by atoms with E-state index in [2.05, 4.69) is 23.6 Å². The summed E-state index contributed by atoms with van der Waals surface area (Å²) >= 11 is 6.30. The number of rotatable bonds is 4. The fraction of sp³-hybridized carbons (Fsp3) is 0.600. The topological polar surface area (TPSA) is 26.7 Å². The largest absolute Gasteiger partial charge is 0.392 e. The zero-order valence-electron chi connectivity index (χ0n) is 11.8. The molecule has 1 fully saturated rings. The Labute approximate surface area is 120 Å². The Hall–Kier alpha value is -0.770. The highest BCUT2D eigenvalue weighted by atomic mass is 35.5. The molecule has 1 atom stereocenters. The van der Waals surface area contributed by atoms with Crippen LogP contribution in [0.1, 0.15) is 25.8 Å². The average Bonchev–Trinajstić information content (AvgIpc) is 2.46. The Morgan fingerprint density at radius 2 is 1.95 bits per heavy atom. The van der Waals surface area contributed by atoms with Crippen LogP contribution in [0, 0.1) is 0 Å². The molecule has 0 amide bonds. The summed E-state index contributed by atoms with van der Waals surface area (Å²) in [5.41, 5.74) is 1.93. The van der Waals surface area contributed by atoms with Crippen LogP contribution in [0.5, 0.6) is 0 Å². The van der Waals surface area contributed by atoms with Gasteiger partial charge in [0, 0.05) is 37.8 Å². The highest BCUT2D eigenvalue weighted by Gasteiger charge is 2.22. The minimum atomic E-state index is 0.0431. The number of nitrogens with zero attached hydrogens (tertiary/aromatic N) is 2. The van der Waals surface area contributed by atoms with Gasteiger partial charge in [-0.3, -0.25) is 4.90 Å². The predicted octanol–water partition coefficient (Wildman–Crippen LogP) is 2.75. The minimum Gasteiger partial charge on any atom is -0.392 e. The number of hydrogen-bond acceptors (Lipinski definition) is 3. The first-order valence-electron chi connectivity index (χ1n) is 7.04. The number of aliphatic hydroxyl groups excluding tert-OH is 1. The fourth-order valence-corrected chi connectivity index (χ4v) is 3.00. The molecule has 0 bridgehead atoms. The number of halogens is 1. The van der Waals surface area contributed by atoms with E-state index >= 15 is 0 Å². The molecular formula is C15H23ClN2O. The van der Waals surface area contributed by atoms with E-state index in [4.69, 9.17) is 11.6 Å². The van der Waals surface area contributed by atoms with Crippen LogP contribution in [0.15, 0.2) is 18.2 Å². The van der Waals surface area contributed by atoms with Crippen LogP contribution in [0.4, 0.5) is 5.69 Å². The maximum absolute atomic E-state index is 9.46. The molecule has 0 aromatic heterocycles. The molecule has 1 unspecified atom stereocenters. The average molecular weight is 283 g/mol. The van der Waals surface area contributed by atoms with Crippen molar-refractivity contribution in [1.82, 2.24) is 4.90 Å². The van der Waals surface area contributed by atoms with E-state index in [1.807, 2.05) is 18.2 Å². The van der Waals surface area contributed by atoms with Crippen molar-refractivity contribution in [2.75, 3.05) is 31.1 Å². The third-order valence-corrected chi connectivity index (χ3v) is 4.39. The van der Waals surface area contributed by atoms with Gasteiger partial charge < -0.3 is 10.0 Å². The van der Waals surface area contributed by atoms with Crippen molar-refractivity contribution in [2.45, 2.75) is 32.9 Å². The Morgan fingerprint density at radius 1 is 1.26 bits per heavy atom. The van der Waals surface area contributed by atoms with Crippen molar-refractivity contribution in [1.29, 1.82) is 0 Å². The van der Waals surface area contributed by atoms with E-state index in [0.29, 0.717) is 6.04 Å². The van der Waals surface area contributed by atoms with Gasteiger partial charge in [0.15, 0.2) is 0 Å². The Morgan fingerprint density at radius 3 is 2.53 bits per heavy atom. The highest BCUT2D eigenvalue weighted by Crippen LogP contribution is 2.31. The van der Waals surface area contributed by atoms with Crippen molar-refractivity contribution < 1.29 is 5.11 Å². The molecular weight excluding hydrogens is 260 g/mol. The van der Waals surface area contributed by atoms with Crippen LogP contribution in [-0.4, -0.2) is 42.2 Å². The quantitative estimate of drug-likeness (QED) is 0.920. The Balaban J connectivity index is 2.09. The van der Waals surface area contributed by atoms with Crippen molar-refractivity contribution >= 4 is 17.3 Å². The lowest BCUT2D eigenvalue weighted by Crippen LogP contribution is -2.49. The standard InChI is InChI=1S/C15H23ClN2O/c1-3-12(2)17-7-9-18(10-8-17)15-13(11-19)5-4-6-14(15)16/h4-6,12,19H,3,7-11H2,1-2H3. The van der Waals surface area contributed by atoms with Gasteiger partial charge in [-0.05, 0) is 19.4 Å². The molecule has 3 nitrogen and oxygen atoms in total. The summed E-state index contributed by atoms with van der Waals surface area (Å²) < 4.78 is 0. The number of anilines is 1. The summed E-state index contributed by atoms with van der Waals surface area (Å²) in [5, 5.41) is 10.2. The SMILES string of the molecule is CCC(C)N1CCN(c2c(Cl)cccc2CO)CC1. The molecule has 1 aromatic carbocycles. The molecule has 0 aliphatic carbocycles. The van der Waals surface area contributed by atoms with Gasteiger partial charge in [0.25, 0.3) is 0 Å². The monoisotopic (exact) mass is 282 g/mol. The van der Waals surface area contributed by atoms with Crippen molar-refractivity contribution in [3.8, 4) is 0 Å². The summed E-state index contributed by atoms with van der Waals surface area (Å²) in [6, 6.07) is 6.39. The van der Waals surface area contributed by atoms with E-state index in [9.17, 15) is 5.11 Å². The molecule has 0 saturated carbocycles. The van der Waals surface area contributed by atoms with Gasteiger partial charge in [-0.1, -0.05) is 30.7 Å². The molecule has 0 spiro atoms. The number of aliphatic hydroxyl groups is 1. The lowest BCUT2D eigenvalue weighted by atomic mass is 10.1. The van der Waals surface area contributed by atoms with Gasteiger partial charge >= 0.3 is 0 Å². The molecule has 1 aliphatic rings. The van der Waals surface area contributed by atoms with Gasteiger partial charge in [0.1, 0.15) is 0 Å². The highest BCUT2D eigenvalue weighted by molar-refractivity contribution is 6.33. The molecule has 1 heterocycles. The van der Waals surface area contributed by atoms with Crippen LogP contribution in [-0.2, 0) is 6.61 Å². The summed E-state index contributed by atoms with van der Waals surface area (Å²) in [7, 11) is 0. The van der Waals surface area contributed by atoms with Crippen LogP contribution >= 0.6 is 11.6 Å². The summed E-state index contributed by atoms with van der Waals surface area (Å²) in [6.07, 6.45) is 1.19. The van der Waals surface area contributed by atoms with Gasteiger partial charge in [-0.2, -0.15) is 0 Å². The molecule has 1 aliphatic heterocycles. The first-order valence-corrected chi connectivity index (χ1v) is 7.42. The van der Waals surface area contributed by atoms with Crippen molar-refractivity contribution in [2.24, 2.45) is 0 Å². The van der Waals surface area contributed by atoms with Gasteiger partial charge in [-0.15, -0.1) is 0 Å². The Kier molecular flexibility index (Phi) is 5.08. The van der Waals surface area contributed by atoms with Gasteiger partial charge in [-0.25, -0.2) is 0 Å². The maximum Gasteiger partial charge on any atom is 0.0702 e. The minimum absolute atomic E-state index is 0.0431. The lowest BCUT2D eigenvalue weighted by Gasteiger charge is -2.39. The van der Waals surface area contributed by atoms with E-state index in [-0.39, 0.29) is 6.61 Å². The van der Waals surface area contributed by atoms with Crippen LogP contribution in [0.2, 0.25) is 5.02 Å². The van der Waals surface area contributed by atoms with Crippen LogP contribution in [0.3, 0.4) is 0 Å². The zero-order chi connectivity index (χ0) is 13.8. The van der Waals surface area contributed by atoms with Gasteiger partial charge in [0.2, 0.25) is 0 Å². The molecule has 19 heavy (non-hydrogen) atoms. The van der Waals surface area contributed by atoms with E-state index in [1.165, 1.54) is 6.42 Å². The lowest BCUT2D eigenvalue weighted by molar-refractivity contribution is 0.192. The Bertz CT molecular complexity index is 417. The van der Waals surface area contributed by atoms with Crippen LogP contribution in [0.25, 0.3) is 0 Å². The molecule has 1 aromatic rings. The van der Waals surface area contributed by atoms with Crippen LogP contribution < -0.4 is 4.90 Å². The second-order valence-electron chi connectivity index (χ2n) is 5.19. The molecule has 1 N–H and O–H groups in total. The van der Waals surface area contributed by atoms with E-state index in [0.717, 1.165) is 42.5 Å². The van der Waals surface area contributed by atoms with Gasteiger partial charge in [0.05, 0.1) is 17.3 Å². The molecule has 106 valence electrons. The second-order valence-corrected chi connectivity index (χ2v) is 5.59. The fourth-order valence-electron chi connectivity index (χ4n) is 2.69. The number of hydrogen-bond donors (Lipinski definition) is 1. The first-order chi connectivity index (χ1) is 9.17. The number of benzene rings is 1. The molecule has 4 heteroatoms. The smallest absolute Gasteiger partial charge is 0.0702 e. The first kappa shape index (κ1) is 14.6. The van der Waals surface area contributed by atoms with Crippen molar-refractivity contribution in [3.63, 3.8) is 0 Å². The van der Waals surface area contributed by atoms with Crippen molar-refractivity contribution in [3.05, 3.63) is 28.8 Å². The van der Waals surface area contributed by atoms with E-state index in [1.54, 1.807) is 0 Å². The van der Waals surface area contributed by atoms with E-state index < -0.39 is 0 Å². The molecule has 2 rings (SSSR count).